The first-order chi connectivity index (χ1) is 13.8. The summed E-state index contributed by atoms with van der Waals surface area (Å²) in [7, 11) is 3.38. The summed E-state index contributed by atoms with van der Waals surface area (Å²) in [6.07, 6.45) is 6.42. The van der Waals surface area contributed by atoms with Crippen LogP contribution in [0.1, 0.15) is 12.0 Å². The number of anilines is 3. The number of aromatic nitrogens is 3. The largest absolute Gasteiger partial charge is 0.388 e. The Bertz CT molecular complexity index is 1030. The number of hydrogen-bond donors (Lipinski definition) is 2. The molecule has 0 saturated carbocycles. The molecule has 3 heterocycles. The van der Waals surface area contributed by atoms with Crippen molar-refractivity contribution in [2.24, 2.45) is 0 Å². The lowest BCUT2D eigenvalue weighted by Gasteiger charge is -2.20. The van der Waals surface area contributed by atoms with E-state index in [1.807, 2.05) is 13.2 Å². The van der Waals surface area contributed by atoms with Crippen molar-refractivity contribution in [3.8, 4) is 11.2 Å². The summed E-state index contributed by atoms with van der Waals surface area (Å²) >= 11 is 2.15. The minimum Gasteiger partial charge on any atom is -0.388 e. The maximum atomic E-state index is 4.65. The Balaban J connectivity index is 1.46. The van der Waals surface area contributed by atoms with Gasteiger partial charge >= 0.3 is 0 Å². The van der Waals surface area contributed by atoms with Crippen LogP contribution >= 0.6 is 30.1 Å². The van der Waals surface area contributed by atoms with Crippen LogP contribution in [0.2, 0.25) is 0 Å². The van der Waals surface area contributed by atoms with Crippen LogP contribution in [0.3, 0.4) is 0 Å². The van der Waals surface area contributed by atoms with Gasteiger partial charge in [0.05, 0.1) is 5.56 Å². The van der Waals surface area contributed by atoms with Gasteiger partial charge in [-0.1, -0.05) is 5.92 Å². The van der Waals surface area contributed by atoms with Gasteiger partial charge in [-0.2, -0.15) is 0 Å². The summed E-state index contributed by atoms with van der Waals surface area (Å²) in [5.74, 6) is 4.68. The second-order valence-electron chi connectivity index (χ2n) is 6.50. The molecule has 1 atom stereocenters. The molecule has 1 saturated heterocycles. The molecule has 2 aromatic heterocycles. The number of benzene rings is 1. The van der Waals surface area contributed by atoms with Crippen LogP contribution in [0.4, 0.5) is 17.5 Å². The number of pyridine rings is 1. The first-order valence-electron chi connectivity index (χ1n) is 8.95. The van der Waals surface area contributed by atoms with E-state index < -0.39 is 0 Å². The van der Waals surface area contributed by atoms with Crippen LogP contribution in [0.15, 0.2) is 42.9 Å². The highest BCUT2D eigenvalue weighted by Gasteiger charge is 2.25. The summed E-state index contributed by atoms with van der Waals surface area (Å²) in [6.45, 7) is 1.82. The first-order valence-corrected chi connectivity index (χ1v) is 12.3. The van der Waals surface area contributed by atoms with E-state index >= 15 is 0 Å². The van der Waals surface area contributed by atoms with Crippen LogP contribution in [0, 0.1) is 11.2 Å². The van der Waals surface area contributed by atoms with Gasteiger partial charge in [-0.05, 0) is 50.3 Å². The zero-order valence-corrected chi connectivity index (χ0v) is 18.3. The van der Waals surface area contributed by atoms with E-state index in [0.717, 1.165) is 36.6 Å². The average Bonchev–Trinajstić information content (AvgIpc) is 3.20. The second-order valence-corrected chi connectivity index (χ2v) is 8.18. The highest BCUT2D eigenvalue weighted by molar-refractivity contribution is 14.2. The van der Waals surface area contributed by atoms with Crippen molar-refractivity contribution in [1.29, 1.82) is 0 Å². The van der Waals surface area contributed by atoms with Gasteiger partial charge in [0.25, 0.3) is 0 Å². The molecule has 8 heteroatoms. The zero-order chi connectivity index (χ0) is 19.3. The second kappa shape index (κ2) is 8.84. The standard InChI is InChI=1S/C20H19IN6S/c1-22-16-2-3-18-15(10-16)4-7-23-19(18)27-8-5-17(13-27)26-20-24-11-14(12-25-20)6-9-28-21/h2-4,7,10-12,17,22H,5,8,13H2,1H3,(H,24,25,26)/t17-/m1/s1. The molecule has 0 radical (unpaired) electrons. The van der Waals surface area contributed by atoms with Crippen LogP contribution in [0.5, 0.6) is 0 Å². The lowest BCUT2D eigenvalue weighted by Crippen LogP contribution is -2.27. The summed E-state index contributed by atoms with van der Waals surface area (Å²) in [4.78, 5) is 15.8. The molecule has 0 aliphatic carbocycles. The molecule has 3 aromatic rings. The third-order valence-electron chi connectivity index (χ3n) is 4.74. The van der Waals surface area contributed by atoms with Crippen molar-refractivity contribution in [1.82, 2.24) is 15.0 Å². The summed E-state index contributed by atoms with van der Waals surface area (Å²) < 4.78 is 0. The van der Waals surface area contributed by atoms with Crippen molar-refractivity contribution >= 4 is 58.4 Å². The van der Waals surface area contributed by atoms with Gasteiger partial charge in [-0.15, -0.1) is 0 Å². The van der Waals surface area contributed by atoms with E-state index in [2.05, 4.69) is 87.1 Å². The minimum absolute atomic E-state index is 0.287. The van der Waals surface area contributed by atoms with Crippen molar-refractivity contribution in [3.05, 3.63) is 48.4 Å². The lowest BCUT2D eigenvalue weighted by molar-refractivity contribution is 0.791. The van der Waals surface area contributed by atoms with E-state index in [4.69, 9.17) is 0 Å². The Morgan fingerprint density at radius 3 is 2.86 bits per heavy atom. The number of hydrogen-bond acceptors (Lipinski definition) is 7. The van der Waals surface area contributed by atoms with Crippen LogP contribution in [-0.2, 0) is 0 Å². The average molecular weight is 502 g/mol. The zero-order valence-electron chi connectivity index (χ0n) is 15.3. The number of nitrogens with zero attached hydrogens (tertiary/aromatic N) is 4. The predicted octanol–water partition coefficient (Wildman–Crippen LogP) is 4.15. The maximum Gasteiger partial charge on any atom is 0.222 e. The summed E-state index contributed by atoms with van der Waals surface area (Å²) in [5.41, 5.74) is 1.93. The molecule has 0 unspecified atom stereocenters. The Morgan fingerprint density at radius 2 is 2.07 bits per heavy atom. The molecule has 1 fully saturated rings. The van der Waals surface area contributed by atoms with Gasteiger partial charge < -0.3 is 15.5 Å². The fourth-order valence-electron chi connectivity index (χ4n) is 3.37. The highest BCUT2D eigenvalue weighted by Crippen LogP contribution is 2.29. The molecule has 2 N–H and O–H groups in total. The third kappa shape index (κ3) is 4.25. The SMILES string of the molecule is CNc1ccc2c(N3CC[C@@H](Nc4ncc(C#CSI)cn4)C3)nccc2c1. The molecule has 1 aliphatic rings. The molecule has 1 aromatic carbocycles. The van der Waals surface area contributed by atoms with E-state index in [0.29, 0.717) is 5.95 Å². The quantitative estimate of drug-likeness (QED) is 0.411. The third-order valence-corrected chi connectivity index (χ3v) is 5.58. The fraction of sp³-hybridized carbons (Fsp3) is 0.250. The molecule has 0 spiro atoms. The molecule has 0 bridgehead atoms. The topological polar surface area (TPSA) is 66.0 Å². The highest BCUT2D eigenvalue weighted by atomic mass is 127. The summed E-state index contributed by atoms with van der Waals surface area (Å²) in [5, 5.41) is 11.9. The minimum atomic E-state index is 0.287. The van der Waals surface area contributed by atoms with E-state index in [-0.39, 0.29) is 6.04 Å². The van der Waals surface area contributed by atoms with Gasteiger partial charge in [0.1, 0.15) is 5.82 Å². The molecule has 142 valence electrons. The van der Waals surface area contributed by atoms with Gasteiger partial charge in [-0.25, -0.2) is 15.0 Å². The maximum absolute atomic E-state index is 4.65. The predicted molar refractivity (Wildman–Crippen MR) is 126 cm³/mol. The number of nitrogens with one attached hydrogen (secondary N) is 2. The first kappa shape index (κ1) is 19.1. The Hall–Kier alpha value is -2.25. The lowest BCUT2D eigenvalue weighted by atomic mass is 10.1. The Kier molecular flexibility index (Phi) is 6.02. The van der Waals surface area contributed by atoms with Gasteiger partial charge in [0, 0.05) is 77.0 Å². The molecule has 1 aliphatic heterocycles. The molecular formula is C20H19IN6S. The van der Waals surface area contributed by atoms with Crippen LogP contribution in [0.25, 0.3) is 10.8 Å². The van der Waals surface area contributed by atoms with Crippen molar-refractivity contribution in [2.45, 2.75) is 12.5 Å². The van der Waals surface area contributed by atoms with Crippen molar-refractivity contribution in [3.63, 3.8) is 0 Å². The van der Waals surface area contributed by atoms with Gasteiger partial charge in [-0.3, -0.25) is 0 Å². The number of fused-ring (bicyclic) bond motifs is 1. The van der Waals surface area contributed by atoms with Crippen molar-refractivity contribution in [2.75, 3.05) is 35.7 Å². The summed E-state index contributed by atoms with van der Waals surface area (Å²) in [6, 6.07) is 8.73. The van der Waals surface area contributed by atoms with Gasteiger partial charge in [0.15, 0.2) is 0 Å². The van der Waals surface area contributed by atoms with Crippen molar-refractivity contribution < 1.29 is 0 Å². The Morgan fingerprint density at radius 1 is 1.21 bits per heavy atom. The normalized spacial score (nSPS) is 15.9. The monoisotopic (exact) mass is 502 g/mol. The molecule has 4 rings (SSSR count). The number of halogens is 1. The van der Waals surface area contributed by atoms with E-state index in [1.165, 1.54) is 19.7 Å². The van der Waals surface area contributed by atoms with Crippen LogP contribution in [-0.4, -0.2) is 41.1 Å². The fourth-order valence-corrected chi connectivity index (χ4v) is 3.85. The Labute approximate surface area is 180 Å². The molecule has 0 amide bonds. The molecule has 28 heavy (non-hydrogen) atoms. The molecule has 6 nitrogen and oxygen atoms in total. The van der Waals surface area contributed by atoms with Gasteiger partial charge in [0.2, 0.25) is 5.95 Å². The molecular weight excluding hydrogens is 483 g/mol. The smallest absolute Gasteiger partial charge is 0.222 e. The number of rotatable bonds is 4. The van der Waals surface area contributed by atoms with Crippen LogP contribution < -0.4 is 15.5 Å². The van der Waals surface area contributed by atoms with E-state index in [9.17, 15) is 0 Å². The van der Waals surface area contributed by atoms with E-state index in [1.54, 1.807) is 12.4 Å².